The van der Waals surface area contributed by atoms with E-state index in [9.17, 15) is 14.4 Å². The molecule has 0 radical (unpaired) electrons. The third kappa shape index (κ3) is 1.84. The summed E-state index contributed by atoms with van der Waals surface area (Å²) in [7, 11) is 3.07. The van der Waals surface area contributed by atoms with Gasteiger partial charge in [0.05, 0.1) is 6.54 Å². The summed E-state index contributed by atoms with van der Waals surface area (Å²) in [5.41, 5.74) is 0. The normalized spacial score (nSPS) is 21.1. The largest absolute Gasteiger partial charge is 0.465 e. The number of ketones is 1. The van der Waals surface area contributed by atoms with E-state index < -0.39 is 12.1 Å². The first kappa shape index (κ1) is 10.5. The molecule has 1 rings (SSSR count). The molecule has 0 saturated carbocycles. The fourth-order valence-electron chi connectivity index (χ4n) is 1.41. The summed E-state index contributed by atoms with van der Waals surface area (Å²) < 4.78 is 0. The van der Waals surface area contributed by atoms with Gasteiger partial charge < -0.3 is 10.0 Å². The lowest BCUT2D eigenvalue weighted by molar-refractivity contribution is -0.133. The van der Waals surface area contributed by atoms with Crippen LogP contribution in [-0.2, 0) is 9.59 Å². The molecule has 0 aromatic carbocycles. The van der Waals surface area contributed by atoms with Crippen LogP contribution in [0.2, 0.25) is 0 Å². The number of rotatable bonds is 1. The second-order valence-electron chi connectivity index (χ2n) is 3.40. The lowest BCUT2D eigenvalue weighted by Crippen LogP contribution is -2.44. The minimum atomic E-state index is -1.23. The molecule has 78 valence electrons. The van der Waals surface area contributed by atoms with Crippen molar-refractivity contribution < 1.29 is 19.5 Å². The van der Waals surface area contributed by atoms with Crippen LogP contribution in [-0.4, -0.2) is 59.4 Å². The van der Waals surface area contributed by atoms with Crippen LogP contribution < -0.4 is 0 Å². The first-order valence-corrected chi connectivity index (χ1v) is 4.16. The molecule has 6 heteroatoms. The van der Waals surface area contributed by atoms with Crippen LogP contribution in [0.15, 0.2) is 0 Å². The standard InChI is InChI=1S/C8H12N2O4/c1-9(2)7(12)6-3-5(11)4-10(6)8(13)14/h6H,3-4H2,1-2H3,(H,13,14). The van der Waals surface area contributed by atoms with E-state index in [0.717, 1.165) is 4.90 Å². The average Bonchev–Trinajstić information content (AvgIpc) is 2.45. The zero-order valence-corrected chi connectivity index (χ0v) is 8.06. The number of hydrogen-bond acceptors (Lipinski definition) is 3. The van der Waals surface area contributed by atoms with E-state index in [2.05, 4.69) is 0 Å². The van der Waals surface area contributed by atoms with E-state index >= 15 is 0 Å². The van der Waals surface area contributed by atoms with E-state index in [4.69, 9.17) is 5.11 Å². The van der Waals surface area contributed by atoms with Gasteiger partial charge in [-0.25, -0.2) is 4.79 Å². The maximum atomic E-state index is 11.5. The molecule has 1 N–H and O–H groups in total. The maximum Gasteiger partial charge on any atom is 0.408 e. The Hall–Kier alpha value is -1.59. The Balaban J connectivity index is 2.81. The van der Waals surface area contributed by atoms with Gasteiger partial charge in [0, 0.05) is 20.5 Å². The summed E-state index contributed by atoms with van der Waals surface area (Å²) in [6.07, 6.45) is -1.24. The van der Waals surface area contributed by atoms with Crippen LogP contribution in [0.25, 0.3) is 0 Å². The van der Waals surface area contributed by atoms with Crippen LogP contribution in [0.1, 0.15) is 6.42 Å². The number of likely N-dealkylation sites (N-methyl/N-ethyl adjacent to an activating group) is 1. The highest BCUT2D eigenvalue weighted by atomic mass is 16.4. The number of carbonyl (C=O) groups is 3. The molecule has 0 spiro atoms. The maximum absolute atomic E-state index is 11.5. The van der Waals surface area contributed by atoms with Crippen LogP contribution in [0.4, 0.5) is 4.79 Å². The second kappa shape index (κ2) is 3.65. The first-order valence-electron chi connectivity index (χ1n) is 4.16. The van der Waals surface area contributed by atoms with Crippen molar-refractivity contribution in [3.05, 3.63) is 0 Å². The van der Waals surface area contributed by atoms with Crippen molar-refractivity contribution in [3.63, 3.8) is 0 Å². The van der Waals surface area contributed by atoms with Gasteiger partial charge in [-0.15, -0.1) is 0 Å². The summed E-state index contributed by atoms with van der Waals surface area (Å²) in [4.78, 5) is 35.4. The fourth-order valence-corrected chi connectivity index (χ4v) is 1.41. The predicted octanol–water partition coefficient (Wildman–Crippen LogP) is -0.604. The highest BCUT2D eigenvalue weighted by molar-refractivity contribution is 5.97. The van der Waals surface area contributed by atoms with Crippen molar-refractivity contribution in [2.24, 2.45) is 0 Å². The van der Waals surface area contributed by atoms with Crippen molar-refractivity contribution in [2.45, 2.75) is 12.5 Å². The van der Waals surface area contributed by atoms with E-state index in [-0.39, 0.29) is 24.7 Å². The van der Waals surface area contributed by atoms with E-state index in [1.165, 1.54) is 19.0 Å². The number of carbonyl (C=O) groups excluding carboxylic acids is 2. The molecule has 1 aliphatic heterocycles. The number of nitrogens with zero attached hydrogens (tertiary/aromatic N) is 2. The smallest absolute Gasteiger partial charge is 0.408 e. The molecule has 6 nitrogen and oxygen atoms in total. The van der Waals surface area contributed by atoms with Gasteiger partial charge in [-0.1, -0.05) is 0 Å². The van der Waals surface area contributed by atoms with Crippen LogP contribution in [0, 0.1) is 0 Å². The lowest BCUT2D eigenvalue weighted by atomic mass is 10.2. The van der Waals surface area contributed by atoms with Gasteiger partial charge in [0.1, 0.15) is 6.04 Å². The summed E-state index contributed by atoms with van der Waals surface area (Å²) in [6.45, 7) is -0.181. The monoisotopic (exact) mass is 200 g/mol. The zero-order valence-electron chi connectivity index (χ0n) is 8.06. The molecule has 0 bridgehead atoms. The van der Waals surface area contributed by atoms with Crippen LogP contribution in [0.5, 0.6) is 0 Å². The third-order valence-electron chi connectivity index (χ3n) is 2.12. The highest BCUT2D eigenvalue weighted by Gasteiger charge is 2.39. The molecular weight excluding hydrogens is 188 g/mol. The Morgan fingerprint density at radius 2 is 2.07 bits per heavy atom. The Bertz CT molecular complexity index is 287. The van der Waals surface area contributed by atoms with Gasteiger partial charge in [-0.3, -0.25) is 14.5 Å². The van der Waals surface area contributed by atoms with Gasteiger partial charge in [-0.05, 0) is 0 Å². The van der Waals surface area contributed by atoms with Crippen LogP contribution in [0.3, 0.4) is 0 Å². The molecule has 1 unspecified atom stereocenters. The van der Waals surface area contributed by atoms with Crippen LogP contribution >= 0.6 is 0 Å². The summed E-state index contributed by atoms with van der Waals surface area (Å²) in [5.74, 6) is -0.564. The molecule has 2 amide bonds. The van der Waals surface area contributed by atoms with Gasteiger partial charge in [0.25, 0.3) is 0 Å². The van der Waals surface area contributed by atoms with E-state index in [1.54, 1.807) is 0 Å². The molecule has 14 heavy (non-hydrogen) atoms. The molecule has 1 atom stereocenters. The fraction of sp³-hybridized carbons (Fsp3) is 0.625. The first-order chi connectivity index (χ1) is 6.43. The zero-order chi connectivity index (χ0) is 10.9. The minimum absolute atomic E-state index is 0.0106. The molecule has 0 aromatic rings. The molecule has 0 aliphatic carbocycles. The summed E-state index contributed by atoms with van der Waals surface area (Å²) in [5, 5.41) is 8.74. The molecule has 1 aliphatic rings. The SMILES string of the molecule is CN(C)C(=O)C1CC(=O)CN1C(=O)O. The second-order valence-corrected chi connectivity index (χ2v) is 3.40. The van der Waals surface area contributed by atoms with Crippen molar-refractivity contribution in [1.82, 2.24) is 9.80 Å². The van der Waals surface area contributed by atoms with Gasteiger partial charge in [0.2, 0.25) is 5.91 Å². The van der Waals surface area contributed by atoms with Crippen molar-refractivity contribution in [1.29, 1.82) is 0 Å². The molecule has 1 fully saturated rings. The molecule has 1 heterocycles. The number of amides is 2. The van der Waals surface area contributed by atoms with Crippen molar-refractivity contribution in [3.8, 4) is 0 Å². The molecular formula is C8H12N2O4. The Labute approximate surface area is 81.1 Å². The van der Waals surface area contributed by atoms with E-state index in [0.29, 0.717) is 0 Å². The number of hydrogen-bond donors (Lipinski definition) is 1. The Morgan fingerprint density at radius 1 is 1.50 bits per heavy atom. The topological polar surface area (TPSA) is 77.9 Å². The highest BCUT2D eigenvalue weighted by Crippen LogP contribution is 2.15. The van der Waals surface area contributed by atoms with E-state index in [1.807, 2.05) is 0 Å². The number of Topliss-reactive ketones (excluding diaryl/α,β-unsaturated/α-hetero) is 1. The lowest BCUT2D eigenvalue weighted by Gasteiger charge is -2.22. The third-order valence-corrected chi connectivity index (χ3v) is 2.12. The number of likely N-dealkylation sites (tertiary alicyclic amines) is 1. The minimum Gasteiger partial charge on any atom is -0.465 e. The molecule has 1 saturated heterocycles. The average molecular weight is 200 g/mol. The summed E-state index contributed by atoms with van der Waals surface area (Å²) in [6, 6.07) is -0.838. The Morgan fingerprint density at radius 3 is 2.50 bits per heavy atom. The van der Waals surface area contributed by atoms with Gasteiger partial charge >= 0.3 is 6.09 Å². The van der Waals surface area contributed by atoms with Crippen molar-refractivity contribution in [2.75, 3.05) is 20.6 Å². The van der Waals surface area contributed by atoms with Crippen molar-refractivity contribution >= 4 is 17.8 Å². The predicted molar refractivity (Wildman–Crippen MR) is 46.8 cm³/mol. The summed E-state index contributed by atoms with van der Waals surface area (Å²) >= 11 is 0. The molecule has 0 aromatic heterocycles. The van der Waals surface area contributed by atoms with Gasteiger partial charge in [-0.2, -0.15) is 0 Å². The quantitative estimate of drug-likeness (QED) is 0.612. The number of carboxylic acid groups (broad SMARTS) is 1. The Kier molecular flexibility index (Phi) is 2.73. The van der Waals surface area contributed by atoms with Gasteiger partial charge in [0.15, 0.2) is 5.78 Å².